The molecule has 0 saturated heterocycles. The predicted octanol–water partition coefficient (Wildman–Crippen LogP) is 5.03. The first-order chi connectivity index (χ1) is 9.12. The van der Waals surface area contributed by atoms with E-state index in [1.165, 1.54) is 50.0 Å². The molecule has 1 unspecified atom stereocenters. The number of nitrogens with one attached hydrogen (secondary N) is 1. The van der Waals surface area contributed by atoms with E-state index >= 15 is 0 Å². The van der Waals surface area contributed by atoms with Crippen molar-refractivity contribution >= 4 is 11.3 Å². The van der Waals surface area contributed by atoms with Gasteiger partial charge in [0.1, 0.15) is 5.01 Å². The molecule has 0 spiro atoms. The molecule has 1 N–H and O–H groups in total. The monoisotopic (exact) mass is 282 g/mol. The molecule has 0 aliphatic heterocycles. The number of rotatable bonds is 10. The molecule has 110 valence electrons. The quantitative estimate of drug-likeness (QED) is 0.609. The Kier molecular flexibility index (Phi) is 7.62. The number of aromatic nitrogens is 1. The average molecular weight is 282 g/mol. The van der Waals surface area contributed by atoms with E-state index in [-0.39, 0.29) is 5.54 Å². The van der Waals surface area contributed by atoms with Crippen LogP contribution in [-0.2, 0) is 5.54 Å². The summed E-state index contributed by atoms with van der Waals surface area (Å²) in [5.74, 6) is 0. The summed E-state index contributed by atoms with van der Waals surface area (Å²) in [6.45, 7) is 9.97. The summed E-state index contributed by atoms with van der Waals surface area (Å²) in [5.41, 5.74) is 1.22. The number of hydrogen-bond donors (Lipinski definition) is 1. The molecule has 1 aromatic rings. The maximum absolute atomic E-state index is 4.71. The molecular formula is C16H30N2S. The summed E-state index contributed by atoms with van der Waals surface area (Å²) in [6, 6.07) is 0. The van der Waals surface area contributed by atoms with Crippen LogP contribution in [0.4, 0.5) is 0 Å². The van der Waals surface area contributed by atoms with Gasteiger partial charge in [-0.2, -0.15) is 0 Å². The SMILES string of the molecule is CCCCCCCC(C)(NCCC)c1nc(C)cs1. The van der Waals surface area contributed by atoms with Gasteiger partial charge in [0, 0.05) is 11.1 Å². The predicted molar refractivity (Wildman–Crippen MR) is 85.9 cm³/mol. The van der Waals surface area contributed by atoms with Gasteiger partial charge >= 0.3 is 0 Å². The largest absolute Gasteiger partial charge is 0.306 e. The summed E-state index contributed by atoms with van der Waals surface area (Å²) in [5, 5.41) is 7.14. The summed E-state index contributed by atoms with van der Waals surface area (Å²) >= 11 is 1.80. The molecule has 0 bridgehead atoms. The fourth-order valence-electron chi connectivity index (χ4n) is 2.36. The molecule has 19 heavy (non-hydrogen) atoms. The molecule has 0 aliphatic rings. The molecule has 0 radical (unpaired) electrons. The van der Waals surface area contributed by atoms with Crippen molar-refractivity contribution in [3.05, 3.63) is 16.1 Å². The van der Waals surface area contributed by atoms with Crippen LogP contribution in [0.3, 0.4) is 0 Å². The maximum Gasteiger partial charge on any atom is 0.113 e. The Bertz CT molecular complexity index is 348. The number of nitrogens with zero attached hydrogens (tertiary/aromatic N) is 1. The Morgan fingerprint density at radius 3 is 2.47 bits per heavy atom. The van der Waals surface area contributed by atoms with Gasteiger partial charge < -0.3 is 5.32 Å². The zero-order chi connectivity index (χ0) is 14.1. The minimum atomic E-state index is 0.0706. The van der Waals surface area contributed by atoms with Gasteiger partial charge in [0.15, 0.2) is 0 Å². The molecular weight excluding hydrogens is 252 g/mol. The van der Waals surface area contributed by atoms with Crippen molar-refractivity contribution in [2.75, 3.05) is 6.54 Å². The molecule has 0 aromatic carbocycles. The minimum absolute atomic E-state index is 0.0706. The van der Waals surface area contributed by atoms with Crippen LogP contribution in [0.15, 0.2) is 5.38 Å². The highest BCUT2D eigenvalue weighted by atomic mass is 32.1. The van der Waals surface area contributed by atoms with Crippen molar-refractivity contribution in [3.63, 3.8) is 0 Å². The Labute approximate surface area is 123 Å². The lowest BCUT2D eigenvalue weighted by molar-refractivity contribution is 0.325. The van der Waals surface area contributed by atoms with E-state index in [1.807, 2.05) is 0 Å². The second kappa shape index (κ2) is 8.70. The molecule has 2 nitrogen and oxygen atoms in total. The van der Waals surface area contributed by atoms with Crippen molar-refractivity contribution in [2.24, 2.45) is 0 Å². The van der Waals surface area contributed by atoms with E-state index < -0.39 is 0 Å². The van der Waals surface area contributed by atoms with Crippen LogP contribution in [-0.4, -0.2) is 11.5 Å². The molecule has 0 saturated carbocycles. The molecule has 0 amide bonds. The number of thiazole rings is 1. The summed E-state index contributed by atoms with van der Waals surface area (Å²) in [7, 11) is 0. The highest BCUT2D eigenvalue weighted by molar-refractivity contribution is 7.09. The molecule has 1 heterocycles. The van der Waals surface area contributed by atoms with Crippen molar-refractivity contribution in [1.29, 1.82) is 0 Å². The van der Waals surface area contributed by atoms with Crippen LogP contribution in [0.5, 0.6) is 0 Å². The third kappa shape index (κ3) is 5.62. The van der Waals surface area contributed by atoms with Gasteiger partial charge in [0.25, 0.3) is 0 Å². The maximum atomic E-state index is 4.71. The summed E-state index contributed by atoms with van der Waals surface area (Å²) in [4.78, 5) is 4.71. The molecule has 1 atom stereocenters. The highest BCUT2D eigenvalue weighted by Crippen LogP contribution is 2.30. The van der Waals surface area contributed by atoms with E-state index in [4.69, 9.17) is 4.98 Å². The Morgan fingerprint density at radius 1 is 1.16 bits per heavy atom. The first kappa shape index (κ1) is 16.6. The van der Waals surface area contributed by atoms with Gasteiger partial charge in [-0.3, -0.25) is 0 Å². The minimum Gasteiger partial charge on any atom is -0.306 e. The summed E-state index contributed by atoms with van der Waals surface area (Å²) in [6.07, 6.45) is 9.08. The highest BCUT2D eigenvalue weighted by Gasteiger charge is 2.28. The van der Waals surface area contributed by atoms with Crippen molar-refractivity contribution < 1.29 is 0 Å². The average Bonchev–Trinajstić information content (AvgIpc) is 2.83. The number of hydrogen-bond acceptors (Lipinski definition) is 3. The van der Waals surface area contributed by atoms with Crippen LogP contribution >= 0.6 is 11.3 Å². The zero-order valence-electron chi connectivity index (χ0n) is 13.1. The first-order valence-electron chi connectivity index (χ1n) is 7.80. The van der Waals surface area contributed by atoms with Gasteiger partial charge in [-0.25, -0.2) is 4.98 Å². The van der Waals surface area contributed by atoms with E-state index in [0.717, 1.165) is 12.2 Å². The van der Waals surface area contributed by atoms with Crippen LogP contribution in [0.25, 0.3) is 0 Å². The van der Waals surface area contributed by atoms with Crippen LogP contribution < -0.4 is 5.32 Å². The second-order valence-electron chi connectivity index (χ2n) is 5.72. The third-order valence-electron chi connectivity index (χ3n) is 3.64. The second-order valence-corrected chi connectivity index (χ2v) is 6.58. The lowest BCUT2D eigenvalue weighted by Crippen LogP contribution is -2.40. The molecule has 0 aliphatic carbocycles. The van der Waals surface area contributed by atoms with Crippen LogP contribution in [0.1, 0.15) is 76.4 Å². The normalized spacial score (nSPS) is 14.5. The fourth-order valence-corrected chi connectivity index (χ4v) is 3.33. The van der Waals surface area contributed by atoms with E-state index in [1.54, 1.807) is 11.3 Å². The lowest BCUT2D eigenvalue weighted by Gasteiger charge is -2.29. The van der Waals surface area contributed by atoms with Gasteiger partial charge in [0.05, 0.1) is 5.54 Å². The fraction of sp³-hybridized carbons (Fsp3) is 0.812. The van der Waals surface area contributed by atoms with Crippen molar-refractivity contribution in [2.45, 2.75) is 78.2 Å². The van der Waals surface area contributed by atoms with Crippen LogP contribution in [0, 0.1) is 6.92 Å². The molecule has 0 fully saturated rings. The van der Waals surface area contributed by atoms with Gasteiger partial charge in [-0.15, -0.1) is 11.3 Å². The Hall–Kier alpha value is -0.410. The molecule has 3 heteroatoms. The molecule has 1 rings (SSSR count). The van der Waals surface area contributed by atoms with E-state index in [9.17, 15) is 0 Å². The number of aryl methyl sites for hydroxylation is 1. The standard InChI is InChI=1S/C16H30N2S/c1-5-7-8-9-10-11-16(4,17-12-6-2)15-18-14(3)13-19-15/h13,17H,5-12H2,1-4H3. The third-order valence-corrected chi connectivity index (χ3v) is 4.86. The number of unbranched alkanes of at least 4 members (excludes halogenated alkanes) is 4. The van der Waals surface area contributed by atoms with Crippen molar-refractivity contribution in [1.82, 2.24) is 10.3 Å². The van der Waals surface area contributed by atoms with Crippen molar-refractivity contribution in [3.8, 4) is 0 Å². The lowest BCUT2D eigenvalue weighted by atomic mass is 9.94. The summed E-state index contributed by atoms with van der Waals surface area (Å²) < 4.78 is 0. The van der Waals surface area contributed by atoms with E-state index in [0.29, 0.717) is 0 Å². The molecule has 1 aromatic heterocycles. The Balaban J connectivity index is 2.54. The van der Waals surface area contributed by atoms with Gasteiger partial charge in [-0.1, -0.05) is 46.0 Å². The van der Waals surface area contributed by atoms with Gasteiger partial charge in [0.2, 0.25) is 0 Å². The zero-order valence-corrected chi connectivity index (χ0v) is 13.9. The topological polar surface area (TPSA) is 24.9 Å². The smallest absolute Gasteiger partial charge is 0.113 e. The first-order valence-corrected chi connectivity index (χ1v) is 8.68. The van der Waals surface area contributed by atoms with E-state index in [2.05, 4.69) is 38.4 Å². The van der Waals surface area contributed by atoms with Crippen LogP contribution in [0.2, 0.25) is 0 Å². The Morgan fingerprint density at radius 2 is 1.89 bits per heavy atom. The van der Waals surface area contributed by atoms with Gasteiger partial charge in [-0.05, 0) is 33.2 Å².